The first-order chi connectivity index (χ1) is 12.1. The van der Waals surface area contributed by atoms with Crippen molar-refractivity contribution in [3.05, 3.63) is 40.3 Å². The molecule has 0 saturated carbocycles. The third kappa shape index (κ3) is 3.18. The molecule has 0 aliphatic carbocycles. The van der Waals surface area contributed by atoms with Gasteiger partial charge in [0.25, 0.3) is 5.56 Å². The predicted molar refractivity (Wildman–Crippen MR) is 104 cm³/mol. The van der Waals surface area contributed by atoms with E-state index in [9.17, 15) is 4.79 Å². The molecular formula is C20H28N4O. The molecule has 1 saturated heterocycles. The Bertz CT molecular complexity index is 805. The fourth-order valence-electron chi connectivity index (χ4n) is 4.34. The zero-order chi connectivity index (χ0) is 17.4. The second-order valence-electron chi connectivity index (χ2n) is 7.66. The lowest BCUT2D eigenvalue weighted by Crippen LogP contribution is -2.47. The van der Waals surface area contributed by atoms with Gasteiger partial charge < -0.3 is 19.7 Å². The molecule has 0 unspecified atom stereocenters. The van der Waals surface area contributed by atoms with Crippen molar-refractivity contribution in [1.29, 1.82) is 0 Å². The summed E-state index contributed by atoms with van der Waals surface area (Å²) in [5, 5.41) is 2.01. The molecule has 134 valence electrons. The maximum absolute atomic E-state index is 12.2. The van der Waals surface area contributed by atoms with Gasteiger partial charge in [0.1, 0.15) is 0 Å². The van der Waals surface area contributed by atoms with Gasteiger partial charge in [0.15, 0.2) is 0 Å². The minimum absolute atomic E-state index is 0.0287. The van der Waals surface area contributed by atoms with Crippen molar-refractivity contribution >= 4 is 16.5 Å². The van der Waals surface area contributed by atoms with E-state index in [1.165, 1.54) is 42.6 Å². The van der Waals surface area contributed by atoms with Crippen molar-refractivity contribution in [2.24, 2.45) is 0 Å². The highest BCUT2D eigenvalue weighted by Crippen LogP contribution is 2.35. The number of likely N-dealkylation sites (tertiary alicyclic amines) is 1. The number of likely N-dealkylation sites (N-methyl/N-ethyl adjacent to an activating group) is 1. The molecule has 0 radical (unpaired) electrons. The Morgan fingerprint density at radius 2 is 2.00 bits per heavy atom. The highest BCUT2D eigenvalue weighted by molar-refractivity contribution is 5.97. The molecule has 25 heavy (non-hydrogen) atoms. The second-order valence-corrected chi connectivity index (χ2v) is 7.66. The van der Waals surface area contributed by atoms with Crippen LogP contribution in [0.3, 0.4) is 0 Å². The number of benzene rings is 1. The van der Waals surface area contributed by atoms with Crippen LogP contribution in [0.4, 0.5) is 5.69 Å². The van der Waals surface area contributed by atoms with Crippen LogP contribution >= 0.6 is 0 Å². The molecule has 5 heteroatoms. The maximum atomic E-state index is 12.2. The summed E-state index contributed by atoms with van der Waals surface area (Å²) in [6.07, 6.45) is 5.35. The van der Waals surface area contributed by atoms with Crippen molar-refractivity contribution < 1.29 is 0 Å². The zero-order valence-corrected chi connectivity index (χ0v) is 15.3. The number of aromatic amines is 1. The zero-order valence-electron chi connectivity index (χ0n) is 15.3. The Kier molecular flexibility index (Phi) is 4.52. The molecule has 4 rings (SSSR count). The van der Waals surface area contributed by atoms with E-state index < -0.39 is 0 Å². The van der Waals surface area contributed by atoms with Gasteiger partial charge in [0, 0.05) is 61.4 Å². The van der Waals surface area contributed by atoms with Gasteiger partial charge in [-0.1, -0.05) is 6.07 Å². The van der Waals surface area contributed by atoms with E-state index >= 15 is 0 Å². The SMILES string of the molecule is CN(C)CCN1CCC(N2CCc3c[nH]c(=O)c4cccc2c34)CC1. The summed E-state index contributed by atoms with van der Waals surface area (Å²) in [4.78, 5) is 22.5. The summed E-state index contributed by atoms with van der Waals surface area (Å²) in [5.74, 6) is 0. The number of aromatic nitrogens is 1. The number of hydrogen-bond acceptors (Lipinski definition) is 4. The van der Waals surface area contributed by atoms with Gasteiger partial charge in [0.05, 0.1) is 0 Å². The lowest BCUT2D eigenvalue weighted by molar-refractivity contribution is 0.191. The Hall–Kier alpha value is -1.85. The minimum Gasteiger partial charge on any atom is -0.368 e. The molecule has 1 N–H and O–H groups in total. The fraction of sp³-hybridized carbons (Fsp3) is 0.550. The molecule has 2 aliphatic heterocycles. The van der Waals surface area contributed by atoms with Crippen LogP contribution in [0.15, 0.2) is 29.2 Å². The first kappa shape index (κ1) is 16.6. The highest BCUT2D eigenvalue weighted by Gasteiger charge is 2.28. The third-order valence-corrected chi connectivity index (χ3v) is 5.78. The number of hydrogen-bond donors (Lipinski definition) is 1. The van der Waals surface area contributed by atoms with Gasteiger partial charge >= 0.3 is 0 Å². The Labute approximate surface area is 149 Å². The van der Waals surface area contributed by atoms with Gasteiger partial charge in [-0.2, -0.15) is 0 Å². The number of nitrogens with zero attached hydrogens (tertiary/aromatic N) is 3. The predicted octanol–water partition coefficient (Wildman–Crippen LogP) is 1.92. The minimum atomic E-state index is 0.0287. The van der Waals surface area contributed by atoms with Crippen LogP contribution in [0.2, 0.25) is 0 Å². The van der Waals surface area contributed by atoms with E-state index in [0.717, 1.165) is 31.4 Å². The molecule has 0 bridgehead atoms. The maximum Gasteiger partial charge on any atom is 0.255 e. The van der Waals surface area contributed by atoms with E-state index in [4.69, 9.17) is 0 Å². The van der Waals surface area contributed by atoms with Crippen LogP contribution in [0.25, 0.3) is 10.8 Å². The van der Waals surface area contributed by atoms with Crippen LogP contribution in [0.5, 0.6) is 0 Å². The average Bonchev–Trinajstić information content (AvgIpc) is 2.63. The van der Waals surface area contributed by atoms with Gasteiger partial charge in [-0.15, -0.1) is 0 Å². The van der Waals surface area contributed by atoms with Gasteiger partial charge in [-0.25, -0.2) is 0 Å². The number of piperidine rings is 1. The molecule has 1 aromatic heterocycles. The van der Waals surface area contributed by atoms with Crippen LogP contribution in [0.1, 0.15) is 18.4 Å². The van der Waals surface area contributed by atoms with Crippen LogP contribution in [0, 0.1) is 0 Å². The molecule has 0 amide bonds. The van der Waals surface area contributed by atoms with Crippen LogP contribution in [-0.4, -0.2) is 67.6 Å². The van der Waals surface area contributed by atoms with Crippen LogP contribution < -0.4 is 10.5 Å². The van der Waals surface area contributed by atoms with E-state index in [0.29, 0.717) is 6.04 Å². The van der Waals surface area contributed by atoms with Crippen molar-refractivity contribution in [3.63, 3.8) is 0 Å². The standard InChI is InChI=1S/C20H28N4O/c1-22(2)12-13-23-9-7-16(8-10-23)24-11-6-15-14-21-20(25)17-4-3-5-18(24)19(15)17/h3-5,14,16H,6-13H2,1-2H3,(H,21,25). The smallest absolute Gasteiger partial charge is 0.255 e. The number of nitrogens with one attached hydrogen (secondary N) is 1. The lowest BCUT2D eigenvalue weighted by Gasteiger charge is -2.42. The molecule has 2 aliphatic rings. The monoisotopic (exact) mass is 340 g/mol. The molecule has 1 fully saturated rings. The third-order valence-electron chi connectivity index (χ3n) is 5.78. The molecule has 1 aromatic carbocycles. The first-order valence-corrected chi connectivity index (χ1v) is 9.40. The summed E-state index contributed by atoms with van der Waals surface area (Å²) in [6, 6.07) is 6.77. The van der Waals surface area contributed by atoms with Crippen molar-refractivity contribution in [2.45, 2.75) is 25.3 Å². The number of H-pyrrole nitrogens is 1. The van der Waals surface area contributed by atoms with Gasteiger partial charge in [0.2, 0.25) is 0 Å². The summed E-state index contributed by atoms with van der Waals surface area (Å²) < 4.78 is 0. The summed E-state index contributed by atoms with van der Waals surface area (Å²) >= 11 is 0. The highest BCUT2D eigenvalue weighted by atomic mass is 16.1. The Morgan fingerprint density at radius 1 is 1.20 bits per heavy atom. The normalized spacial score (nSPS) is 19.1. The average molecular weight is 340 g/mol. The summed E-state index contributed by atoms with van der Waals surface area (Å²) in [7, 11) is 4.28. The van der Waals surface area contributed by atoms with E-state index in [2.05, 4.69) is 39.8 Å². The fourth-order valence-corrected chi connectivity index (χ4v) is 4.34. The molecule has 0 spiro atoms. The Balaban J connectivity index is 1.54. The van der Waals surface area contributed by atoms with E-state index in [1.54, 1.807) is 0 Å². The van der Waals surface area contributed by atoms with Gasteiger partial charge in [-0.05, 0) is 51.1 Å². The van der Waals surface area contributed by atoms with Crippen molar-refractivity contribution in [3.8, 4) is 0 Å². The molecule has 5 nitrogen and oxygen atoms in total. The Morgan fingerprint density at radius 3 is 2.76 bits per heavy atom. The molecule has 0 atom stereocenters. The second kappa shape index (κ2) is 6.81. The molecule has 3 heterocycles. The first-order valence-electron chi connectivity index (χ1n) is 9.40. The van der Waals surface area contributed by atoms with Crippen molar-refractivity contribution in [1.82, 2.24) is 14.8 Å². The number of anilines is 1. The summed E-state index contributed by atoms with van der Waals surface area (Å²) in [6.45, 7) is 5.69. The lowest BCUT2D eigenvalue weighted by atomic mass is 9.94. The van der Waals surface area contributed by atoms with Crippen molar-refractivity contribution in [2.75, 3.05) is 51.7 Å². The van der Waals surface area contributed by atoms with Crippen LogP contribution in [-0.2, 0) is 6.42 Å². The summed E-state index contributed by atoms with van der Waals surface area (Å²) in [5.41, 5.74) is 2.57. The van der Waals surface area contributed by atoms with E-state index in [-0.39, 0.29) is 5.56 Å². The molecule has 2 aromatic rings. The quantitative estimate of drug-likeness (QED) is 0.923. The van der Waals surface area contributed by atoms with E-state index in [1.807, 2.05) is 18.3 Å². The largest absolute Gasteiger partial charge is 0.368 e. The molecular weight excluding hydrogens is 312 g/mol. The van der Waals surface area contributed by atoms with Gasteiger partial charge in [-0.3, -0.25) is 4.79 Å². The topological polar surface area (TPSA) is 42.6 Å². The number of pyridine rings is 1. The number of rotatable bonds is 4.